The Balaban J connectivity index is 2.25. The smallest absolute Gasteiger partial charge is 0.308 e. The van der Waals surface area contributed by atoms with E-state index in [1.165, 1.54) is 0 Å². The van der Waals surface area contributed by atoms with Crippen LogP contribution in [0.4, 0.5) is 9.52 Å². The van der Waals surface area contributed by atoms with Crippen molar-refractivity contribution < 1.29 is 27.1 Å². The summed E-state index contributed by atoms with van der Waals surface area (Å²) in [5.74, 6) is -2.75. The zero-order valence-corrected chi connectivity index (χ0v) is 14.7. The molecule has 0 bridgehead atoms. The molecule has 0 saturated heterocycles. The Morgan fingerprint density at radius 3 is 2.58 bits per heavy atom. The summed E-state index contributed by atoms with van der Waals surface area (Å²) < 4.78 is 41.4. The number of anilines is 1. The Morgan fingerprint density at radius 2 is 2.04 bits per heavy atom. The number of aromatic nitrogens is 1. The number of hydrogen-bond donors (Lipinski definition) is 1. The predicted molar refractivity (Wildman–Crippen MR) is 85.9 cm³/mol. The van der Waals surface area contributed by atoms with Crippen LogP contribution in [0, 0.1) is 5.82 Å². The van der Waals surface area contributed by atoms with Crippen molar-refractivity contribution in [2.45, 2.75) is 11.1 Å². The molecule has 0 atom stereocenters. The van der Waals surface area contributed by atoms with E-state index in [0.717, 1.165) is 42.8 Å². The number of carbonyl (C=O) groups is 2. The van der Waals surface area contributed by atoms with Crippen LogP contribution in [0.25, 0.3) is 0 Å². The molecule has 2 aromatic rings. The van der Waals surface area contributed by atoms with E-state index in [9.17, 15) is 22.4 Å². The number of esters is 1. The Morgan fingerprint density at radius 1 is 1.38 bits per heavy atom. The summed E-state index contributed by atoms with van der Waals surface area (Å²) in [5, 5.41) is 2.13. The van der Waals surface area contributed by atoms with Crippen molar-refractivity contribution in [3.05, 3.63) is 34.7 Å². The number of nitrogens with zero attached hydrogens (tertiary/aromatic N) is 1. The van der Waals surface area contributed by atoms with Crippen LogP contribution in [0.15, 0.2) is 22.5 Å². The molecule has 0 fully saturated rings. The second kappa shape index (κ2) is 6.83. The van der Waals surface area contributed by atoms with Gasteiger partial charge in [-0.25, -0.2) is 17.8 Å². The average Bonchev–Trinajstić information content (AvgIpc) is 2.90. The zero-order chi connectivity index (χ0) is 18.1. The van der Waals surface area contributed by atoms with Crippen LogP contribution in [-0.2, 0) is 14.6 Å². The molecule has 0 radical (unpaired) electrons. The molecule has 128 valence electrons. The first-order chi connectivity index (χ1) is 11.1. The van der Waals surface area contributed by atoms with Gasteiger partial charge in [0.25, 0.3) is 5.91 Å². The highest BCUT2D eigenvalue weighted by Crippen LogP contribution is 2.29. The average molecular weight is 393 g/mol. The normalized spacial score (nSPS) is 11.2. The minimum Gasteiger partial charge on any atom is -0.425 e. The van der Waals surface area contributed by atoms with Gasteiger partial charge in [0.2, 0.25) is 0 Å². The van der Waals surface area contributed by atoms with Gasteiger partial charge in [-0.15, -0.1) is 0 Å². The molecule has 0 aliphatic heterocycles. The molecule has 1 heterocycles. The third-order valence-corrected chi connectivity index (χ3v) is 5.59. The predicted octanol–water partition coefficient (Wildman–Crippen LogP) is 2.52. The van der Waals surface area contributed by atoms with Crippen LogP contribution >= 0.6 is 22.9 Å². The van der Waals surface area contributed by atoms with Crippen LogP contribution in [-0.4, -0.2) is 31.5 Å². The fourth-order valence-electron chi connectivity index (χ4n) is 1.59. The number of amides is 1. The lowest BCUT2D eigenvalue weighted by molar-refractivity contribution is -0.131. The summed E-state index contributed by atoms with van der Waals surface area (Å²) in [4.78, 5) is 26.7. The number of benzene rings is 1. The first-order valence-corrected chi connectivity index (χ1v) is 9.31. The largest absolute Gasteiger partial charge is 0.425 e. The molecule has 0 aliphatic carbocycles. The number of sulfone groups is 1. The highest BCUT2D eigenvalue weighted by molar-refractivity contribution is 7.92. The summed E-state index contributed by atoms with van der Waals surface area (Å²) in [6, 6.07) is 1.80. The SMILES string of the molecule is CC(=O)Oc1cc(F)c(C(=O)Nc2ncc(S(C)(=O)=O)s2)cc1Cl. The van der Waals surface area contributed by atoms with E-state index in [0.29, 0.717) is 0 Å². The topological polar surface area (TPSA) is 102 Å². The molecule has 2 rings (SSSR count). The molecule has 11 heteroatoms. The van der Waals surface area contributed by atoms with E-state index in [4.69, 9.17) is 16.3 Å². The second-order valence-electron chi connectivity index (χ2n) is 4.57. The summed E-state index contributed by atoms with van der Waals surface area (Å²) in [7, 11) is -3.45. The van der Waals surface area contributed by atoms with Crippen molar-refractivity contribution in [2.24, 2.45) is 0 Å². The van der Waals surface area contributed by atoms with E-state index in [-0.39, 0.29) is 20.1 Å². The van der Waals surface area contributed by atoms with E-state index < -0.39 is 33.1 Å². The van der Waals surface area contributed by atoms with Crippen LogP contribution in [0.2, 0.25) is 5.02 Å². The van der Waals surface area contributed by atoms with Gasteiger partial charge < -0.3 is 4.74 Å². The monoisotopic (exact) mass is 392 g/mol. The molecule has 1 N–H and O–H groups in total. The zero-order valence-electron chi connectivity index (χ0n) is 12.3. The number of hydrogen-bond acceptors (Lipinski definition) is 7. The van der Waals surface area contributed by atoms with Crippen LogP contribution < -0.4 is 10.1 Å². The van der Waals surface area contributed by atoms with Crippen molar-refractivity contribution in [3.63, 3.8) is 0 Å². The minimum absolute atomic E-state index is 0.0139. The van der Waals surface area contributed by atoms with Crippen LogP contribution in [0.1, 0.15) is 17.3 Å². The van der Waals surface area contributed by atoms with Gasteiger partial charge in [-0.1, -0.05) is 22.9 Å². The maximum atomic E-state index is 14.0. The van der Waals surface area contributed by atoms with Crippen molar-refractivity contribution in [1.29, 1.82) is 0 Å². The van der Waals surface area contributed by atoms with Gasteiger partial charge in [0, 0.05) is 19.2 Å². The first kappa shape index (κ1) is 18.3. The lowest BCUT2D eigenvalue weighted by atomic mass is 10.2. The van der Waals surface area contributed by atoms with Crippen molar-refractivity contribution in [3.8, 4) is 5.75 Å². The van der Waals surface area contributed by atoms with Crippen molar-refractivity contribution >= 4 is 49.8 Å². The third-order valence-electron chi connectivity index (χ3n) is 2.59. The lowest BCUT2D eigenvalue weighted by Gasteiger charge is -2.08. The molecular formula is C13H10ClFN2O5S2. The highest BCUT2D eigenvalue weighted by atomic mass is 35.5. The Hall–Kier alpha value is -2.04. The molecule has 0 aliphatic rings. The standard InChI is InChI=1S/C13H10ClFN2O5S2/c1-6(18)22-10-4-9(15)7(3-8(10)14)12(19)17-13-16-5-11(23-13)24(2,20)21/h3-5H,1-2H3,(H,16,17,19). The summed E-state index contributed by atoms with van der Waals surface area (Å²) >= 11 is 6.57. The van der Waals surface area contributed by atoms with E-state index >= 15 is 0 Å². The van der Waals surface area contributed by atoms with Crippen molar-refractivity contribution in [2.75, 3.05) is 11.6 Å². The molecule has 0 unspecified atom stereocenters. The molecular weight excluding hydrogens is 383 g/mol. The highest BCUT2D eigenvalue weighted by Gasteiger charge is 2.19. The van der Waals surface area contributed by atoms with Gasteiger partial charge >= 0.3 is 5.97 Å². The second-order valence-corrected chi connectivity index (χ2v) is 8.25. The molecule has 0 spiro atoms. The fourth-order valence-corrected chi connectivity index (χ4v) is 3.42. The van der Waals surface area contributed by atoms with Crippen LogP contribution in [0.5, 0.6) is 5.75 Å². The minimum atomic E-state index is -3.45. The third kappa shape index (κ3) is 4.28. The molecule has 7 nitrogen and oxygen atoms in total. The maximum Gasteiger partial charge on any atom is 0.308 e. The fraction of sp³-hybridized carbons (Fsp3) is 0.154. The molecule has 24 heavy (non-hydrogen) atoms. The van der Waals surface area contributed by atoms with Crippen LogP contribution in [0.3, 0.4) is 0 Å². The van der Waals surface area contributed by atoms with Gasteiger partial charge in [0.15, 0.2) is 20.7 Å². The molecule has 1 aromatic carbocycles. The number of nitrogens with one attached hydrogen (secondary N) is 1. The summed E-state index contributed by atoms with van der Waals surface area (Å²) in [6.45, 7) is 1.12. The number of rotatable bonds is 4. The van der Waals surface area contributed by atoms with E-state index in [1.54, 1.807) is 0 Å². The van der Waals surface area contributed by atoms with Gasteiger partial charge in [-0.2, -0.15) is 0 Å². The van der Waals surface area contributed by atoms with Gasteiger partial charge in [-0.05, 0) is 6.07 Å². The van der Waals surface area contributed by atoms with E-state index in [2.05, 4.69) is 10.3 Å². The number of thiazole rings is 1. The van der Waals surface area contributed by atoms with Crippen molar-refractivity contribution in [1.82, 2.24) is 4.98 Å². The maximum absolute atomic E-state index is 14.0. The molecule has 1 amide bonds. The first-order valence-electron chi connectivity index (χ1n) is 6.22. The van der Waals surface area contributed by atoms with E-state index in [1.807, 2.05) is 0 Å². The van der Waals surface area contributed by atoms with Gasteiger partial charge in [0.05, 0.1) is 16.8 Å². The molecule has 0 saturated carbocycles. The Bertz CT molecular complexity index is 926. The summed E-state index contributed by atoms with van der Waals surface area (Å²) in [6.07, 6.45) is 2.09. The van der Waals surface area contributed by atoms with Gasteiger partial charge in [0.1, 0.15) is 10.0 Å². The molecule has 1 aromatic heterocycles. The summed E-state index contributed by atoms with van der Waals surface area (Å²) in [5.41, 5.74) is -0.410. The number of ether oxygens (including phenoxy) is 1. The number of halogens is 2. The Kier molecular flexibility index (Phi) is 5.21. The van der Waals surface area contributed by atoms with Gasteiger partial charge in [-0.3, -0.25) is 14.9 Å². The number of carbonyl (C=O) groups excluding carboxylic acids is 2. The lowest BCUT2D eigenvalue weighted by Crippen LogP contribution is -2.14. The quantitative estimate of drug-likeness (QED) is 0.633. The Labute approximate surface area is 145 Å².